The van der Waals surface area contributed by atoms with Crippen LogP contribution >= 0.6 is 0 Å². The van der Waals surface area contributed by atoms with Gasteiger partial charge >= 0.3 is 23.0 Å². The van der Waals surface area contributed by atoms with Crippen LogP contribution in [0.4, 0.5) is 0 Å². The second-order valence-electron chi connectivity index (χ2n) is 3.05. The number of hydrogen-bond acceptors (Lipinski definition) is 3. The summed E-state index contributed by atoms with van der Waals surface area (Å²) in [6, 6.07) is -1.34. The molecule has 0 saturated carbocycles. The molecule has 0 aromatic heterocycles. The molecule has 3 N–H and O–H groups in total. The molecule has 0 bridgehead atoms. The van der Waals surface area contributed by atoms with Crippen molar-refractivity contribution in [1.82, 2.24) is 0 Å². The molecule has 15 heavy (non-hydrogen) atoms. The zero-order valence-electron chi connectivity index (χ0n) is 8.24. The number of hydrogen-bond donors (Lipinski definition) is 1. The minimum atomic E-state index is -1.08. The molecular weight excluding hydrogens is 252 g/mol. The van der Waals surface area contributed by atoms with E-state index in [9.17, 15) is 9.90 Å². The first-order valence-corrected chi connectivity index (χ1v) is 4.25. The Bertz CT molecular complexity index is 229. The second kappa shape index (κ2) is 7.64. The molecule has 2 unspecified atom stereocenters. The minimum absolute atomic E-state index is 0. The standard InChI is InChI=1S/C8H13N2O3.Cu.H2O/c1-5(8(12)13)10-7(11)6-3-2-4-9-6;;/h5-6H,2-4H2,1H3,(H,10,11)(H,12,13);;1H2/q-1;+2;/p-1. The van der Waals surface area contributed by atoms with Gasteiger partial charge in [0.25, 0.3) is 0 Å². The maximum Gasteiger partial charge on any atom is 2.00 e. The largest absolute Gasteiger partial charge is 2.00 e. The zero-order chi connectivity index (χ0) is 9.84. The summed E-state index contributed by atoms with van der Waals surface area (Å²) in [4.78, 5) is 13.9. The molecule has 6 nitrogen and oxygen atoms in total. The Labute approximate surface area is 98.6 Å². The Morgan fingerprint density at radius 3 is 2.67 bits per heavy atom. The number of carboxylic acid groups (broad SMARTS) is 1. The van der Waals surface area contributed by atoms with Crippen LogP contribution in [0.1, 0.15) is 19.8 Å². The van der Waals surface area contributed by atoms with Crippen LogP contribution in [-0.4, -0.2) is 41.1 Å². The van der Waals surface area contributed by atoms with Gasteiger partial charge in [0.15, 0.2) is 0 Å². The molecule has 1 aliphatic heterocycles. The van der Waals surface area contributed by atoms with E-state index in [0.717, 1.165) is 6.42 Å². The Morgan fingerprint density at radius 2 is 2.27 bits per heavy atom. The fourth-order valence-electron chi connectivity index (χ4n) is 1.16. The Hall–Kier alpha value is -0.621. The molecule has 0 spiro atoms. The maximum absolute atomic E-state index is 11.2. The molecule has 2 atom stereocenters. The number of aliphatic imine (C=N–C) groups is 1. The van der Waals surface area contributed by atoms with Crippen LogP contribution in [0.3, 0.4) is 0 Å². The summed E-state index contributed by atoms with van der Waals surface area (Å²) >= 11 is 0. The summed E-state index contributed by atoms with van der Waals surface area (Å²) in [5.41, 5.74) is 0. The molecule has 0 amide bonds. The van der Waals surface area contributed by atoms with E-state index in [1.54, 1.807) is 0 Å². The molecule has 1 aliphatic rings. The summed E-state index contributed by atoms with van der Waals surface area (Å²) in [5.74, 6) is -1.47. The molecule has 7 heteroatoms. The summed E-state index contributed by atoms with van der Waals surface area (Å²) in [5, 5.41) is 23.7. The van der Waals surface area contributed by atoms with Crippen molar-refractivity contribution in [2.45, 2.75) is 31.8 Å². The predicted octanol–water partition coefficient (Wildman–Crippen LogP) is -1.07. The van der Waals surface area contributed by atoms with Crippen LogP contribution in [0.25, 0.3) is 5.32 Å². The second-order valence-corrected chi connectivity index (χ2v) is 3.05. The van der Waals surface area contributed by atoms with Gasteiger partial charge in [-0.2, -0.15) is 0 Å². The van der Waals surface area contributed by atoms with Crippen molar-refractivity contribution in [3.8, 4) is 0 Å². The van der Waals surface area contributed by atoms with E-state index in [0.29, 0.717) is 13.0 Å². The van der Waals surface area contributed by atoms with Gasteiger partial charge in [0.1, 0.15) is 6.04 Å². The molecule has 0 aromatic rings. The first-order valence-electron chi connectivity index (χ1n) is 4.25. The van der Waals surface area contributed by atoms with E-state index in [-0.39, 0.29) is 28.6 Å². The van der Waals surface area contributed by atoms with Crippen molar-refractivity contribution in [1.29, 1.82) is 0 Å². The number of nitrogens with zero attached hydrogens (tertiary/aromatic N) is 2. The molecule has 0 aromatic carbocycles. The van der Waals surface area contributed by atoms with Crippen molar-refractivity contribution in [3.63, 3.8) is 0 Å². The fourth-order valence-corrected chi connectivity index (χ4v) is 1.16. The third-order valence-electron chi connectivity index (χ3n) is 1.95. The molecule has 1 heterocycles. The summed E-state index contributed by atoms with van der Waals surface area (Å²) in [7, 11) is 0. The van der Waals surface area contributed by atoms with E-state index in [4.69, 9.17) is 5.11 Å². The topological polar surface area (TPSA) is 118 Å². The molecule has 1 fully saturated rings. The SMILES string of the molecule is CC(N=C([O-])C1CCC[N-]1)C(=O)O.O.[Cu+2]. The van der Waals surface area contributed by atoms with Gasteiger partial charge in [0.05, 0.1) is 0 Å². The van der Waals surface area contributed by atoms with Crippen molar-refractivity contribution < 1.29 is 37.6 Å². The number of carbonyl (C=O) groups is 1. The summed E-state index contributed by atoms with van der Waals surface area (Å²) in [6.45, 7) is 2.07. The van der Waals surface area contributed by atoms with Gasteiger partial charge in [-0.3, -0.25) is 4.99 Å². The maximum atomic E-state index is 11.2. The smallest absolute Gasteiger partial charge is 0.863 e. The number of carboxylic acids is 1. The number of rotatable bonds is 3. The van der Waals surface area contributed by atoms with Crippen LogP contribution in [0.5, 0.6) is 0 Å². The van der Waals surface area contributed by atoms with Crippen molar-refractivity contribution >= 4 is 11.9 Å². The third-order valence-corrected chi connectivity index (χ3v) is 1.95. The Balaban J connectivity index is 0. The minimum Gasteiger partial charge on any atom is -0.863 e. The first kappa shape index (κ1) is 16.8. The van der Waals surface area contributed by atoms with E-state index in [1.165, 1.54) is 6.92 Å². The third kappa shape index (κ3) is 5.13. The van der Waals surface area contributed by atoms with E-state index < -0.39 is 17.9 Å². The Kier molecular flexibility index (Phi) is 8.56. The normalized spacial score (nSPS) is 22.5. The van der Waals surface area contributed by atoms with Crippen molar-refractivity contribution in [3.05, 3.63) is 5.32 Å². The number of aliphatic carboxylic acids is 1. The van der Waals surface area contributed by atoms with Gasteiger partial charge in [0.2, 0.25) is 0 Å². The quantitative estimate of drug-likeness (QED) is 0.397. The molecule has 1 saturated heterocycles. The molecular formula is C8H14CuN2O4. The van der Waals surface area contributed by atoms with Gasteiger partial charge < -0.3 is 21.0 Å². The van der Waals surface area contributed by atoms with Gasteiger partial charge in [-0.25, -0.2) is 4.79 Å². The van der Waals surface area contributed by atoms with Gasteiger partial charge in [-0.05, 0) is 6.92 Å². The van der Waals surface area contributed by atoms with E-state index >= 15 is 0 Å². The summed E-state index contributed by atoms with van der Waals surface area (Å²) < 4.78 is 0. The fraction of sp³-hybridized carbons (Fsp3) is 0.750. The average Bonchev–Trinajstić information content (AvgIpc) is 2.55. The average molecular weight is 266 g/mol. The van der Waals surface area contributed by atoms with Crippen molar-refractivity contribution in [2.75, 3.05) is 6.54 Å². The van der Waals surface area contributed by atoms with E-state index in [1.807, 2.05) is 0 Å². The van der Waals surface area contributed by atoms with Crippen LogP contribution in [0.15, 0.2) is 4.99 Å². The van der Waals surface area contributed by atoms with E-state index in [2.05, 4.69) is 10.3 Å². The van der Waals surface area contributed by atoms with Gasteiger partial charge in [-0.1, -0.05) is 18.7 Å². The molecule has 1 rings (SSSR count). The molecule has 91 valence electrons. The Morgan fingerprint density at radius 1 is 1.67 bits per heavy atom. The molecule has 0 aliphatic carbocycles. The monoisotopic (exact) mass is 265 g/mol. The van der Waals surface area contributed by atoms with Gasteiger partial charge in [0, 0.05) is 0 Å². The van der Waals surface area contributed by atoms with Crippen LogP contribution in [0, 0.1) is 0 Å². The summed E-state index contributed by atoms with van der Waals surface area (Å²) in [6.07, 6.45) is 1.60. The zero-order valence-corrected chi connectivity index (χ0v) is 9.18. The van der Waals surface area contributed by atoms with Crippen LogP contribution in [0.2, 0.25) is 0 Å². The molecule has 1 radical (unpaired) electrons. The van der Waals surface area contributed by atoms with Gasteiger partial charge in [-0.15, -0.1) is 12.6 Å². The van der Waals surface area contributed by atoms with Crippen LogP contribution < -0.4 is 5.11 Å². The van der Waals surface area contributed by atoms with Crippen LogP contribution in [-0.2, 0) is 21.9 Å². The first-order chi connectivity index (χ1) is 6.11. The predicted molar refractivity (Wildman–Crippen MR) is 49.4 cm³/mol. The van der Waals surface area contributed by atoms with Crippen molar-refractivity contribution in [2.24, 2.45) is 4.99 Å².